The maximum atomic E-state index is 13.7. The van der Waals surface area contributed by atoms with Gasteiger partial charge in [-0.25, -0.2) is 4.98 Å². The first kappa shape index (κ1) is 21.8. The SMILES string of the molecule is Cc1ccc2c(c1Cl)[C@@H](C)C1=CCc3ncc(nc31)-c1c(C)nn(CCO)c1CN(C)C2=O. The van der Waals surface area contributed by atoms with Crippen molar-refractivity contribution < 1.29 is 9.90 Å². The molecule has 0 spiro atoms. The van der Waals surface area contributed by atoms with Crippen molar-refractivity contribution in [1.29, 1.82) is 0 Å². The number of aryl methyl sites for hydroxylation is 2. The first-order chi connectivity index (χ1) is 15.8. The molecule has 7 nitrogen and oxygen atoms in total. The smallest absolute Gasteiger partial charge is 0.254 e. The average Bonchev–Trinajstić information content (AvgIpc) is 3.34. The highest BCUT2D eigenvalue weighted by Gasteiger charge is 2.32. The largest absolute Gasteiger partial charge is 0.394 e. The van der Waals surface area contributed by atoms with Crippen molar-refractivity contribution in [2.75, 3.05) is 13.7 Å². The van der Waals surface area contributed by atoms with Gasteiger partial charge in [-0.05, 0) is 36.6 Å². The van der Waals surface area contributed by atoms with Crippen molar-refractivity contribution in [2.24, 2.45) is 0 Å². The molecule has 1 atom stereocenters. The number of benzene rings is 1. The molecule has 0 unspecified atom stereocenters. The molecule has 1 amide bonds. The lowest BCUT2D eigenvalue weighted by molar-refractivity contribution is 0.0780. The summed E-state index contributed by atoms with van der Waals surface area (Å²) in [5, 5.41) is 14.9. The van der Waals surface area contributed by atoms with E-state index >= 15 is 0 Å². The summed E-state index contributed by atoms with van der Waals surface area (Å²) >= 11 is 6.81. The zero-order chi connectivity index (χ0) is 23.4. The Morgan fingerprint density at radius 1 is 1.27 bits per heavy atom. The van der Waals surface area contributed by atoms with Crippen LogP contribution >= 0.6 is 11.6 Å². The fourth-order valence-electron chi connectivity index (χ4n) is 4.97. The van der Waals surface area contributed by atoms with Crippen LogP contribution in [0.3, 0.4) is 0 Å². The number of carbonyl (C=O) groups is 1. The van der Waals surface area contributed by atoms with E-state index in [9.17, 15) is 9.90 Å². The minimum atomic E-state index is -0.118. The highest BCUT2D eigenvalue weighted by molar-refractivity contribution is 6.33. The molecule has 2 aliphatic rings. The van der Waals surface area contributed by atoms with Crippen LogP contribution in [0.25, 0.3) is 16.8 Å². The Hall–Kier alpha value is -3.03. The Kier molecular flexibility index (Phi) is 5.34. The van der Waals surface area contributed by atoms with Crippen molar-refractivity contribution in [1.82, 2.24) is 24.6 Å². The van der Waals surface area contributed by atoms with Crippen LogP contribution in [0.4, 0.5) is 0 Å². The van der Waals surface area contributed by atoms with Crippen LogP contribution in [-0.4, -0.2) is 49.3 Å². The maximum Gasteiger partial charge on any atom is 0.254 e. The average molecular weight is 464 g/mol. The van der Waals surface area contributed by atoms with Gasteiger partial charge >= 0.3 is 0 Å². The second-order valence-electron chi connectivity index (χ2n) is 8.81. The summed E-state index contributed by atoms with van der Waals surface area (Å²) in [6, 6.07) is 3.76. The lowest BCUT2D eigenvalue weighted by Crippen LogP contribution is -2.29. The van der Waals surface area contributed by atoms with Gasteiger partial charge in [0.1, 0.15) is 0 Å². The standard InChI is InChI=1S/C25H26ClN5O2/c1-13-5-6-17-21(23(13)26)14(2)16-7-8-18-24(16)28-19(11-27-18)22-15(3)29-31(9-10-32)20(22)12-30(4)25(17)33/h5-7,11,14,32H,8-10,12H2,1-4H3/t14-/m0/s1. The van der Waals surface area contributed by atoms with Crippen LogP contribution in [-0.2, 0) is 19.5 Å². The predicted molar refractivity (Wildman–Crippen MR) is 127 cm³/mol. The lowest BCUT2D eigenvalue weighted by Gasteiger charge is -2.25. The van der Waals surface area contributed by atoms with Crippen molar-refractivity contribution >= 4 is 23.1 Å². The van der Waals surface area contributed by atoms with Crippen LogP contribution in [0.1, 0.15) is 57.1 Å². The van der Waals surface area contributed by atoms with Gasteiger partial charge in [-0.15, -0.1) is 0 Å². The number of amides is 1. The molecule has 2 bridgehead atoms. The maximum absolute atomic E-state index is 13.7. The van der Waals surface area contributed by atoms with E-state index in [1.165, 1.54) is 0 Å². The number of halogens is 1. The summed E-state index contributed by atoms with van der Waals surface area (Å²) in [5.74, 6) is -0.221. The van der Waals surface area contributed by atoms with E-state index in [1.807, 2.05) is 26.0 Å². The molecule has 8 heteroatoms. The molecular weight excluding hydrogens is 438 g/mol. The number of aliphatic hydroxyl groups excluding tert-OH is 1. The number of carbonyl (C=O) groups excluding carboxylic acids is 1. The Bertz CT molecular complexity index is 1330. The molecular formula is C25H26ClN5O2. The van der Waals surface area contributed by atoms with Gasteiger partial charge in [0, 0.05) is 35.5 Å². The first-order valence-corrected chi connectivity index (χ1v) is 11.5. The third kappa shape index (κ3) is 3.38. The molecule has 1 aromatic carbocycles. The molecule has 3 heterocycles. The molecule has 0 saturated heterocycles. The number of aromatic nitrogens is 4. The van der Waals surface area contributed by atoms with Gasteiger partial charge in [0.2, 0.25) is 0 Å². The van der Waals surface area contributed by atoms with Crippen LogP contribution in [0, 0.1) is 13.8 Å². The molecule has 1 aliphatic heterocycles. The van der Waals surface area contributed by atoms with Crippen LogP contribution in [0.15, 0.2) is 24.4 Å². The van der Waals surface area contributed by atoms with Gasteiger partial charge in [0.25, 0.3) is 5.91 Å². The Morgan fingerprint density at radius 2 is 2.06 bits per heavy atom. The second kappa shape index (κ2) is 8.08. The minimum Gasteiger partial charge on any atom is -0.394 e. The van der Waals surface area contributed by atoms with Crippen molar-refractivity contribution in [2.45, 2.75) is 46.2 Å². The third-order valence-electron chi connectivity index (χ3n) is 6.67. The van der Waals surface area contributed by atoms with Gasteiger partial charge in [-0.3, -0.25) is 14.5 Å². The molecule has 0 saturated carbocycles. The van der Waals surface area contributed by atoms with E-state index in [0.29, 0.717) is 30.1 Å². The zero-order valence-electron chi connectivity index (χ0n) is 19.2. The molecule has 3 aromatic rings. The molecule has 0 radical (unpaired) electrons. The Morgan fingerprint density at radius 3 is 2.82 bits per heavy atom. The monoisotopic (exact) mass is 463 g/mol. The van der Waals surface area contributed by atoms with Gasteiger partial charge in [-0.1, -0.05) is 30.7 Å². The van der Waals surface area contributed by atoms with E-state index in [4.69, 9.17) is 21.6 Å². The molecule has 33 heavy (non-hydrogen) atoms. The van der Waals surface area contributed by atoms with Gasteiger partial charge in [0.05, 0.1) is 54.4 Å². The quantitative estimate of drug-likeness (QED) is 0.622. The van der Waals surface area contributed by atoms with Crippen molar-refractivity contribution in [3.8, 4) is 11.3 Å². The normalized spacial score (nSPS) is 17.3. The first-order valence-electron chi connectivity index (χ1n) is 11.1. The number of aliphatic hydroxyl groups is 1. The fraction of sp³-hybridized carbons (Fsp3) is 0.360. The Labute approximate surface area is 197 Å². The summed E-state index contributed by atoms with van der Waals surface area (Å²) in [6.45, 7) is 6.55. The number of rotatable bonds is 2. The van der Waals surface area contributed by atoms with E-state index in [2.05, 4.69) is 18.1 Å². The fourth-order valence-corrected chi connectivity index (χ4v) is 5.30. The number of nitrogens with zero attached hydrogens (tertiary/aromatic N) is 5. The van der Waals surface area contributed by atoms with Gasteiger partial charge in [0.15, 0.2) is 0 Å². The summed E-state index contributed by atoms with van der Waals surface area (Å²) in [4.78, 5) is 25.2. The summed E-state index contributed by atoms with van der Waals surface area (Å²) in [6.07, 6.45) is 4.63. The summed E-state index contributed by atoms with van der Waals surface area (Å²) in [7, 11) is 1.78. The zero-order valence-corrected chi connectivity index (χ0v) is 19.9. The van der Waals surface area contributed by atoms with E-state index < -0.39 is 0 Å². The number of hydrogen-bond acceptors (Lipinski definition) is 5. The summed E-state index contributed by atoms with van der Waals surface area (Å²) < 4.78 is 1.76. The third-order valence-corrected chi connectivity index (χ3v) is 7.18. The molecule has 5 rings (SSSR count). The predicted octanol–water partition coefficient (Wildman–Crippen LogP) is 3.93. The van der Waals surface area contributed by atoms with E-state index in [0.717, 1.165) is 50.7 Å². The molecule has 0 fully saturated rings. The van der Waals surface area contributed by atoms with Crippen molar-refractivity contribution in [3.63, 3.8) is 0 Å². The van der Waals surface area contributed by atoms with E-state index in [1.54, 1.807) is 22.8 Å². The number of hydrogen-bond donors (Lipinski definition) is 1. The van der Waals surface area contributed by atoms with E-state index in [-0.39, 0.29) is 18.4 Å². The molecule has 2 aromatic heterocycles. The van der Waals surface area contributed by atoms with Crippen LogP contribution in [0.5, 0.6) is 0 Å². The number of fused-ring (bicyclic) bond motifs is 4. The molecule has 1 aliphatic carbocycles. The van der Waals surface area contributed by atoms with Gasteiger partial charge in [-0.2, -0.15) is 5.10 Å². The second-order valence-corrected chi connectivity index (χ2v) is 9.19. The summed E-state index contributed by atoms with van der Waals surface area (Å²) in [5.41, 5.74) is 8.35. The van der Waals surface area contributed by atoms with Crippen LogP contribution in [0.2, 0.25) is 5.02 Å². The highest BCUT2D eigenvalue weighted by Crippen LogP contribution is 2.43. The molecule has 1 N–H and O–H groups in total. The number of allylic oxidation sites excluding steroid dienone is 2. The minimum absolute atomic E-state index is 0.0524. The van der Waals surface area contributed by atoms with Crippen molar-refractivity contribution in [3.05, 3.63) is 68.9 Å². The van der Waals surface area contributed by atoms with Gasteiger partial charge < -0.3 is 10.0 Å². The lowest BCUT2D eigenvalue weighted by atomic mass is 9.86. The molecule has 170 valence electrons. The Balaban J connectivity index is 1.81. The highest BCUT2D eigenvalue weighted by atomic mass is 35.5. The topological polar surface area (TPSA) is 84.1 Å². The van der Waals surface area contributed by atoms with Crippen LogP contribution < -0.4 is 0 Å².